The van der Waals surface area contributed by atoms with Gasteiger partial charge in [0.15, 0.2) is 16.4 Å². The van der Waals surface area contributed by atoms with Crippen LogP contribution in [0.1, 0.15) is 11.3 Å². The SMILES string of the molecule is O=S(=O)(c1ccccc1)c1c(N2CCNCC2)nn2c3c(cnc12)CNCC3. The van der Waals surface area contributed by atoms with Crippen molar-refractivity contribution in [2.75, 3.05) is 37.6 Å². The van der Waals surface area contributed by atoms with Crippen LogP contribution in [0, 0.1) is 0 Å². The van der Waals surface area contributed by atoms with Crippen LogP contribution in [-0.2, 0) is 22.8 Å². The summed E-state index contributed by atoms with van der Waals surface area (Å²) in [6.07, 6.45) is 2.58. The maximum Gasteiger partial charge on any atom is 0.214 e. The van der Waals surface area contributed by atoms with E-state index in [0.29, 0.717) is 24.6 Å². The minimum atomic E-state index is -3.75. The van der Waals surface area contributed by atoms with Gasteiger partial charge in [-0.3, -0.25) is 0 Å². The topological polar surface area (TPSA) is 91.6 Å². The highest BCUT2D eigenvalue weighted by Gasteiger charge is 2.33. The molecule has 3 aromatic rings. The molecule has 0 atom stereocenters. The lowest BCUT2D eigenvalue weighted by Crippen LogP contribution is -2.44. The summed E-state index contributed by atoms with van der Waals surface area (Å²) in [5, 5.41) is 11.4. The molecular weight excluding hydrogens is 376 g/mol. The van der Waals surface area contributed by atoms with Gasteiger partial charge in [0.1, 0.15) is 0 Å². The highest BCUT2D eigenvalue weighted by atomic mass is 32.2. The van der Waals surface area contributed by atoms with Crippen LogP contribution in [0.4, 0.5) is 5.82 Å². The predicted octanol–water partition coefficient (Wildman–Crippen LogP) is 0.617. The van der Waals surface area contributed by atoms with Gasteiger partial charge in [-0.15, -0.1) is 5.10 Å². The Hall–Kier alpha value is -2.49. The van der Waals surface area contributed by atoms with Gasteiger partial charge in [-0.25, -0.2) is 17.9 Å². The average molecular weight is 398 g/mol. The van der Waals surface area contributed by atoms with Gasteiger partial charge in [0.05, 0.1) is 10.6 Å². The zero-order valence-electron chi connectivity index (χ0n) is 15.4. The Kier molecular flexibility index (Phi) is 4.30. The van der Waals surface area contributed by atoms with E-state index >= 15 is 0 Å². The Bertz CT molecular complexity index is 1120. The van der Waals surface area contributed by atoms with Crippen LogP contribution in [0.5, 0.6) is 0 Å². The van der Waals surface area contributed by atoms with Gasteiger partial charge in [0.2, 0.25) is 9.84 Å². The minimum absolute atomic E-state index is 0.210. The zero-order chi connectivity index (χ0) is 19.1. The first-order valence-electron chi connectivity index (χ1n) is 9.52. The van der Waals surface area contributed by atoms with Crippen LogP contribution in [0.2, 0.25) is 0 Å². The first kappa shape index (κ1) is 17.6. The zero-order valence-corrected chi connectivity index (χ0v) is 16.2. The molecule has 2 N–H and O–H groups in total. The van der Waals surface area contributed by atoms with Crippen molar-refractivity contribution in [2.45, 2.75) is 22.8 Å². The van der Waals surface area contributed by atoms with Gasteiger partial charge in [-0.1, -0.05) is 18.2 Å². The number of hydrogen-bond donors (Lipinski definition) is 2. The molecule has 4 heterocycles. The molecule has 1 saturated heterocycles. The van der Waals surface area contributed by atoms with E-state index < -0.39 is 9.84 Å². The number of rotatable bonds is 3. The quantitative estimate of drug-likeness (QED) is 0.668. The standard InChI is InChI=1S/C19H22N6O2S/c26-28(27,15-4-2-1-3-5-15)17-18-22-13-14-12-21-7-6-16(14)25(18)23-19(17)24-10-8-20-9-11-24/h1-5,13,20-21H,6-12H2. The van der Waals surface area contributed by atoms with Gasteiger partial charge >= 0.3 is 0 Å². The van der Waals surface area contributed by atoms with Gasteiger partial charge in [0, 0.05) is 57.4 Å². The van der Waals surface area contributed by atoms with E-state index in [0.717, 1.165) is 43.9 Å². The van der Waals surface area contributed by atoms with E-state index in [1.807, 2.05) is 6.07 Å². The number of nitrogens with zero attached hydrogens (tertiary/aromatic N) is 4. The number of sulfone groups is 1. The summed E-state index contributed by atoms with van der Waals surface area (Å²) in [5.74, 6) is 0.504. The first-order chi connectivity index (χ1) is 13.7. The summed E-state index contributed by atoms with van der Waals surface area (Å²) in [4.78, 5) is 7.07. The van der Waals surface area contributed by atoms with Gasteiger partial charge in [-0.05, 0) is 12.1 Å². The van der Waals surface area contributed by atoms with Gasteiger partial charge in [0.25, 0.3) is 0 Å². The Labute approximate surface area is 163 Å². The monoisotopic (exact) mass is 398 g/mol. The van der Waals surface area contributed by atoms with Crippen molar-refractivity contribution in [3.63, 3.8) is 0 Å². The van der Waals surface area contributed by atoms with Crippen molar-refractivity contribution >= 4 is 21.3 Å². The maximum absolute atomic E-state index is 13.6. The number of fused-ring (bicyclic) bond motifs is 3. The molecule has 2 aliphatic rings. The molecule has 9 heteroatoms. The maximum atomic E-state index is 13.6. The molecule has 0 amide bonds. The van der Waals surface area contributed by atoms with Crippen LogP contribution in [-0.4, -0.2) is 55.7 Å². The molecule has 8 nitrogen and oxygen atoms in total. The molecule has 0 aliphatic carbocycles. The summed E-state index contributed by atoms with van der Waals surface area (Å²) in [6, 6.07) is 8.55. The second kappa shape index (κ2) is 6.84. The molecule has 1 aromatic carbocycles. The third-order valence-corrected chi connectivity index (χ3v) is 7.16. The lowest BCUT2D eigenvalue weighted by molar-refractivity contribution is 0.575. The van der Waals surface area contributed by atoms with Crippen LogP contribution in [0.3, 0.4) is 0 Å². The van der Waals surface area contributed by atoms with Crippen molar-refractivity contribution in [3.05, 3.63) is 47.8 Å². The molecule has 0 unspecified atom stereocenters. The van der Waals surface area contributed by atoms with E-state index in [1.165, 1.54) is 0 Å². The molecule has 1 fully saturated rings. The fourth-order valence-electron chi connectivity index (χ4n) is 3.92. The number of nitrogens with one attached hydrogen (secondary N) is 2. The Morgan fingerprint density at radius 1 is 1.00 bits per heavy atom. The lowest BCUT2D eigenvalue weighted by Gasteiger charge is -2.28. The summed E-state index contributed by atoms with van der Waals surface area (Å²) in [7, 11) is -3.75. The molecule has 146 valence electrons. The fraction of sp³-hybridized carbons (Fsp3) is 0.368. The van der Waals surface area contributed by atoms with Crippen molar-refractivity contribution in [3.8, 4) is 0 Å². The Balaban J connectivity index is 1.78. The predicted molar refractivity (Wildman–Crippen MR) is 105 cm³/mol. The highest BCUT2D eigenvalue weighted by molar-refractivity contribution is 7.91. The molecule has 28 heavy (non-hydrogen) atoms. The van der Waals surface area contributed by atoms with Crippen LogP contribution in [0.15, 0.2) is 46.3 Å². The normalized spacial score (nSPS) is 17.6. The summed E-state index contributed by atoms with van der Waals surface area (Å²) >= 11 is 0. The second-order valence-corrected chi connectivity index (χ2v) is 8.99. The van der Waals surface area contributed by atoms with E-state index in [1.54, 1.807) is 35.0 Å². The van der Waals surface area contributed by atoms with Crippen molar-refractivity contribution in [2.24, 2.45) is 0 Å². The first-order valence-corrected chi connectivity index (χ1v) is 11.0. The molecule has 0 radical (unpaired) electrons. The summed E-state index contributed by atoms with van der Waals surface area (Å²) in [5.41, 5.74) is 2.52. The molecule has 5 rings (SSSR count). The largest absolute Gasteiger partial charge is 0.351 e. The molecule has 2 aromatic heterocycles. The number of anilines is 1. The minimum Gasteiger partial charge on any atom is -0.351 e. The number of piperazine rings is 1. The van der Waals surface area contributed by atoms with Crippen molar-refractivity contribution in [1.29, 1.82) is 0 Å². The van der Waals surface area contributed by atoms with E-state index in [9.17, 15) is 8.42 Å². The highest BCUT2D eigenvalue weighted by Crippen LogP contribution is 2.34. The lowest BCUT2D eigenvalue weighted by atomic mass is 10.1. The number of hydrogen-bond acceptors (Lipinski definition) is 7. The Morgan fingerprint density at radius 2 is 1.79 bits per heavy atom. The number of benzene rings is 1. The molecule has 0 spiro atoms. The molecular formula is C19H22N6O2S. The van der Waals surface area contributed by atoms with Crippen LogP contribution >= 0.6 is 0 Å². The molecule has 0 bridgehead atoms. The van der Waals surface area contributed by atoms with Crippen LogP contribution in [0.25, 0.3) is 5.65 Å². The van der Waals surface area contributed by atoms with Gasteiger partial charge in [-0.2, -0.15) is 0 Å². The number of aromatic nitrogens is 3. The smallest absolute Gasteiger partial charge is 0.214 e. The van der Waals surface area contributed by atoms with E-state index in [2.05, 4.69) is 20.5 Å². The Morgan fingerprint density at radius 3 is 2.57 bits per heavy atom. The van der Waals surface area contributed by atoms with Crippen molar-refractivity contribution < 1.29 is 8.42 Å². The third kappa shape index (κ3) is 2.78. The fourth-order valence-corrected chi connectivity index (χ4v) is 5.46. The van der Waals surface area contributed by atoms with Crippen LogP contribution < -0.4 is 15.5 Å². The average Bonchev–Trinajstić information content (AvgIpc) is 3.16. The van der Waals surface area contributed by atoms with E-state index in [-0.39, 0.29) is 9.79 Å². The summed E-state index contributed by atoms with van der Waals surface area (Å²) < 4.78 is 28.9. The van der Waals surface area contributed by atoms with Gasteiger partial charge < -0.3 is 15.5 Å². The summed E-state index contributed by atoms with van der Waals surface area (Å²) in [6.45, 7) is 4.59. The van der Waals surface area contributed by atoms with E-state index in [4.69, 9.17) is 5.10 Å². The second-order valence-electron chi connectivity index (χ2n) is 7.10. The molecule has 2 aliphatic heterocycles. The molecule has 0 saturated carbocycles. The third-order valence-electron chi connectivity index (χ3n) is 5.36. The van der Waals surface area contributed by atoms with Crippen molar-refractivity contribution in [1.82, 2.24) is 25.2 Å².